The second-order valence-electron chi connectivity index (χ2n) is 14.0. The van der Waals surface area contributed by atoms with Crippen molar-refractivity contribution >= 4 is 40.5 Å². The van der Waals surface area contributed by atoms with Crippen LogP contribution < -0.4 is 27.4 Å². The van der Waals surface area contributed by atoms with Crippen LogP contribution in [0.15, 0.2) is 30.5 Å². The normalized spacial score (nSPS) is 17.6. The maximum Gasteiger partial charge on any atom is 0.326 e. The number of nitrogens with zero attached hydrogens (tertiary/aromatic N) is 1. The molecule has 9 N–H and O–H groups in total. The van der Waals surface area contributed by atoms with Gasteiger partial charge >= 0.3 is 5.97 Å². The molecule has 1 aromatic carbocycles. The lowest BCUT2D eigenvalue weighted by molar-refractivity contribution is -0.143. The van der Waals surface area contributed by atoms with Crippen molar-refractivity contribution in [3.8, 4) is 0 Å². The lowest BCUT2D eigenvalue weighted by Gasteiger charge is -2.33. The molecule has 3 rings (SSSR count). The minimum atomic E-state index is -1.16. The van der Waals surface area contributed by atoms with Gasteiger partial charge in [-0.2, -0.15) is 0 Å². The maximum absolute atomic E-state index is 14.1. The van der Waals surface area contributed by atoms with Crippen molar-refractivity contribution in [2.75, 3.05) is 13.1 Å². The molecule has 1 aliphatic heterocycles. The molecule has 0 spiro atoms. The Morgan fingerprint density at radius 2 is 1.74 bits per heavy atom. The van der Waals surface area contributed by atoms with Gasteiger partial charge in [0.1, 0.15) is 24.2 Å². The second kappa shape index (κ2) is 16.7. The van der Waals surface area contributed by atoms with Crippen molar-refractivity contribution in [1.29, 1.82) is 0 Å². The van der Waals surface area contributed by atoms with E-state index in [1.807, 2.05) is 38.1 Å². The van der Waals surface area contributed by atoms with Crippen molar-refractivity contribution in [3.05, 3.63) is 36.0 Å². The maximum atomic E-state index is 14.1. The molecule has 2 heterocycles. The topological polar surface area (TPSA) is 213 Å². The van der Waals surface area contributed by atoms with Gasteiger partial charge in [-0.1, -0.05) is 53.2 Å². The van der Waals surface area contributed by atoms with Crippen molar-refractivity contribution in [2.24, 2.45) is 22.8 Å². The van der Waals surface area contributed by atoms with Gasteiger partial charge in [-0.15, -0.1) is 0 Å². The third kappa shape index (κ3) is 10.3. The highest BCUT2D eigenvalue weighted by Gasteiger charge is 2.40. The fourth-order valence-corrected chi connectivity index (χ4v) is 6.04. The number of nitrogens with one attached hydrogen (secondary N) is 4. The summed E-state index contributed by atoms with van der Waals surface area (Å²) in [6.45, 7) is 9.91. The van der Waals surface area contributed by atoms with Gasteiger partial charge in [0, 0.05) is 30.1 Å². The van der Waals surface area contributed by atoms with E-state index in [1.54, 1.807) is 27.0 Å². The molecule has 0 saturated carbocycles. The lowest BCUT2D eigenvalue weighted by atomic mass is 9.85. The van der Waals surface area contributed by atoms with Crippen LogP contribution in [0.4, 0.5) is 0 Å². The Labute approximate surface area is 276 Å². The van der Waals surface area contributed by atoms with E-state index in [1.165, 1.54) is 4.90 Å². The number of amides is 4. The number of likely N-dealkylation sites (tertiary alicyclic amines) is 1. The summed E-state index contributed by atoms with van der Waals surface area (Å²) in [6.07, 6.45) is 5.07. The van der Waals surface area contributed by atoms with E-state index in [4.69, 9.17) is 11.5 Å². The van der Waals surface area contributed by atoms with Crippen LogP contribution in [0.1, 0.15) is 78.7 Å². The summed E-state index contributed by atoms with van der Waals surface area (Å²) in [5.41, 5.74) is 12.6. The molecule has 0 unspecified atom stereocenters. The molecule has 0 aliphatic carbocycles. The second-order valence-corrected chi connectivity index (χ2v) is 14.0. The van der Waals surface area contributed by atoms with Gasteiger partial charge in [0.2, 0.25) is 23.6 Å². The predicted octanol–water partition coefficient (Wildman–Crippen LogP) is 1.79. The highest BCUT2D eigenvalue weighted by atomic mass is 16.4. The van der Waals surface area contributed by atoms with Gasteiger partial charge in [0.15, 0.2) is 0 Å². The molecule has 1 aromatic heterocycles. The summed E-state index contributed by atoms with van der Waals surface area (Å²) < 4.78 is 0. The van der Waals surface area contributed by atoms with Crippen LogP contribution in [-0.4, -0.2) is 87.9 Å². The minimum Gasteiger partial charge on any atom is -0.480 e. The first-order chi connectivity index (χ1) is 22.1. The zero-order chi connectivity index (χ0) is 34.9. The average Bonchev–Trinajstić information content (AvgIpc) is 3.68. The monoisotopic (exact) mass is 655 g/mol. The Hall–Kier alpha value is -3.97. The standard InChI is InChI=1S/C34H53N7O6/c1-20(2)18-26(33(46)47)39-31(44)28(34(3,4)5)40-29(42)25(19-21-10-8-12-24-22(21)14-16-37-24)38-30(43)27-13-9-17-41(27)32(45)23(36)11-6-7-15-35/h8,10,12,14,16,20,23,25-28,37H,6-7,9,11,13,15,17-19,35-36H2,1-5H3,(H,38,43)(H,39,44)(H,40,42)(H,46,47)/t23-,25+,26+,27+,28-/m1/s1. The SMILES string of the molecule is CC(C)C[C@H](NC(=O)[C@@H](NC(=O)[C@H](Cc1cccc2[nH]ccc12)NC(=O)[C@@H]1CCCN1C(=O)[C@H](N)CCCCN)C(C)(C)C)C(=O)O. The number of rotatable bonds is 16. The summed E-state index contributed by atoms with van der Waals surface area (Å²) in [6, 6.07) is 2.61. The first kappa shape index (κ1) is 37.5. The molecule has 1 aliphatic rings. The molecule has 1 fully saturated rings. The molecule has 13 nitrogen and oxygen atoms in total. The molecule has 13 heteroatoms. The van der Waals surface area contributed by atoms with Crippen LogP contribution in [0.2, 0.25) is 0 Å². The number of carbonyl (C=O) groups is 5. The highest BCUT2D eigenvalue weighted by molar-refractivity contribution is 5.96. The number of hydrogen-bond acceptors (Lipinski definition) is 7. The van der Waals surface area contributed by atoms with E-state index in [0.29, 0.717) is 38.8 Å². The molecule has 47 heavy (non-hydrogen) atoms. The lowest BCUT2D eigenvalue weighted by Crippen LogP contribution is -2.61. The van der Waals surface area contributed by atoms with Crippen molar-refractivity contribution in [2.45, 2.75) is 110 Å². The van der Waals surface area contributed by atoms with Gasteiger partial charge < -0.3 is 42.4 Å². The van der Waals surface area contributed by atoms with E-state index < -0.39 is 59.3 Å². The average molecular weight is 656 g/mol. The molecular weight excluding hydrogens is 602 g/mol. The number of carboxylic acid groups (broad SMARTS) is 1. The summed E-state index contributed by atoms with van der Waals surface area (Å²) in [7, 11) is 0. The largest absolute Gasteiger partial charge is 0.480 e. The zero-order valence-corrected chi connectivity index (χ0v) is 28.3. The molecule has 0 radical (unpaired) electrons. The molecule has 2 aromatic rings. The van der Waals surface area contributed by atoms with E-state index in [2.05, 4.69) is 20.9 Å². The van der Waals surface area contributed by atoms with Gasteiger partial charge in [-0.05, 0) is 67.7 Å². The van der Waals surface area contributed by atoms with Crippen LogP contribution in [-0.2, 0) is 30.4 Å². The number of carbonyl (C=O) groups excluding carboxylic acids is 4. The van der Waals surface area contributed by atoms with Crippen LogP contribution >= 0.6 is 0 Å². The van der Waals surface area contributed by atoms with Crippen LogP contribution in [0.5, 0.6) is 0 Å². The van der Waals surface area contributed by atoms with Crippen LogP contribution in [0.3, 0.4) is 0 Å². The fraction of sp³-hybridized carbons (Fsp3) is 0.618. The van der Waals surface area contributed by atoms with Crippen molar-refractivity contribution < 1.29 is 29.1 Å². The number of aliphatic carboxylic acids is 1. The summed E-state index contributed by atoms with van der Waals surface area (Å²) in [5.74, 6) is -3.18. The molecule has 1 saturated heterocycles. The first-order valence-corrected chi connectivity index (χ1v) is 16.6. The number of H-pyrrole nitrogens is 1. The number of aromatic amines is 1. The van der Waals surface area contributed by atoms with E-state index in [9.17, 15) is 29.1 Å². The Bertz CT molecular complexity index is 1400. The Kier molecular flexibility index (Phi) is 13.3. The number of nitrogens with two attached hydrogens (primary N) is 2. The third-order valence-electron chi connectivity index (χ3n) is 8.60. The quantitative estimate of drug-likeness (QED) is 0.132. The molecule has 5 atom stereocenters. The van der Waals surface area contributed by atoms with Gasteiger partial charge in [0.25, 0.3) is 0 Å². The predicted molar refractivity (Wildman–Crippen MR) is 180 cm³/mol. The summed E-state index contributed by atoms with van der Waals surface area (Å²) >= 11 is 0. The number of unbranched alkanes of at least 4 members (excludes halogenated alkanes) is 1. The third-order valence-corrected chi connectivity index (χ3v) is 8.60. The van der Waals surface area contributed by atoms with Crippen LogP contribution in [0.25, 0.3) is 10.9 Å². The fourth-order valence-electron chi connectivity index (χ4n) is 6.04. The van der Waals surface area contributed by atoms with E-state index >= 15 is 0 Å². The Balaban J connectivity index is 1.87. The smallest absolute Gasteiger partial charge is 0.326 e. The molecule has 4 amide bonds. The first-order valence-electron chi connectivity index (χ1n) is 16.6. The van der Waals surface area contributed by atoms with Gasteiger partial charge in [-0.25, -0.2) is 4.79 Å². The molecular formula is C34H53N7O6. The molecule has 260 valence electrons. The van der Waals surface area contributed by atoms with E-state index in [0.717, 1.165) is 22.9 Å². The van der Waals surface area contributed by atoms with Crippen LogP contribution in [0, 0.1) is 11.3 Å². The number of hydrogen-bond donors (Lipinski definition) is 7. The van der Waals surface area contributed by atoms with Crippen molar-refractivity contribution in [1.82, 2.24) is 25.8 Å². The van der Waals surface area contributed by atoms with E-state index in [-0.39, 0.29) is 24.7 Å². The number of aromatic nitrogens is 1. The Morgan fingerprint density at radius 1 is 1.02 bits per heavy atom. The number of fused-ring (bicyclic) bond motifs is 1. The zero-order valence-electron chi connectivity index (χ0n) is 28.3. The summed E-state index contributed by atoms with van der Waals surface area (Å²) in [4.78, 5) is 71.2. The number of benzene rings is 1. The Morgan fingerprint density at radius 3 is 2.38 bits per heavy atom. The van der Waals surface area contributed by atoms with Crippen molar-refractivity contribution in [3.63, 3.8) is 0 Å². The number of carboxylic acids is 1. The highest BCUT2D eigenvalue weighted by Crippen LogP contribution is 2.24. The van der Waals surface area contributed by atoms with Gasteiger partial charge in [0.05, 0.1) is 6.04 Å². The molecule has 0 bridgehead atoms. The van der Waals surface area contributed by atoms with Gasteiger partial charge in [-0.3, -0.25) is 19.2 Å². The summed E-state index contributed by atoms with van der Waals surface area (Å²) in [5, 5.41) is 18.9. The minimum absolute atomic E-state index is 0.0114.